The number of nitrogens with zero attached hydrogens (tertiary/aromatic N) is 3. The molecule has 2 aliphatic heterocycles. The van der Waals surface area contributed by atoms with Crippen molar-refractivity contribution in [1.29, 1.82) is 0 Å². The van der Waals surface area contributed by atoms with Gasteiger partial charge in [0.2, 0.25) is 0 Å². The van der Waals surface area contributed by atoms with E-state index in [9.17, 15) is 14.4 Å². The summed E-state index contributed by atoms with van der Waals surface area (Å²) in [6.45, 7) is 5.78. The van der Waals surface area contributed by atoms with E-state index in [1.807, 2.05) is 6.92 Å². The second-order valence-electron chi connectivity index (χ2n) is 9.24. The Hall–Kier alpha value is -2.31. The molecule has 3 heterocycles. The minimum absolute atomic E-state index is 0.0487. The van der Waals surface area contributed by atoms with E-state index in [2.05, 4.69) is 16.9 Å². The van der Waals surface area contributed by atoms with Gasteiger partial charge in [-0.1, -0.05) is 39.5 Å². The summed E-state index contributed by atoms with van der Waals surface area (Å²) in [5, 5.41) is 3.12. The van der Waals surface area contributed by atoms with Gasteiger partial charge in [-0.05, 0) is 38.0 Å². The van der Waals surface area contributed by atoms with E-state index in [-0.39, 0.29) is 23.4 Å². The second-order valence-corrected chi connectivity index (χ2v) is 9.24. The molecule has 0 radical (unpaired) electrons. The predicted molar refractivity (Wildman–Crippen MR) is 116 cm³/mol. The first-order chi connectivity index (χ1) is 14.4. The summed E-state index contributed by atoms with van der Waals surface area (Å²) in [7, 11) is 1.67. The summed E-state index contributed by atoms with van der Waals surface area (Å²) in [5.74, 6) is 0.152. The minimum atomic E-state index is -0.269. The number of aromatic nitrogens is 2. The fraction of sp³-hybridized carbons (Fsp3) is 0.696. The maximum atomic E-state index is 13.7. The maximum Gasteiger partial charge on any atom is 0.278 e. The number of nitrogens with one attached hydrogen (secondary N) is 1. The quantitative estimate of drug-likeness (QED) is 0.752. The number of piperidine rings is 1. The molecule has 1 saturated carbocycles. The van der Waals surface area contributed by atoms with Crippen LogP contribution in [0.1, 0.15) is 76.5 Å². The van der Waals surface area contributed by atoms with E-state index in [1.165, 1.54) is 9.58 Å². The summed E-state index contributed by atoms with van der Waals surface area (Å²) in [6.07, 6.45) is 8.48. The maximum absolute atomic E-state index is 13.7. The number of rotatable bonds is 5. The van der Waals surface area contributed by atoms with E-state index < -0.39 is 0 Å². The highest BCUT2D eigenvalue weighted by Crippen LogP contribution is 2.37. The standard InChI is InChI=1S/C23H34N4O3/c1-4-8-17-18(21(28)25(3)24-17)19-20(26-13-11-15(2)12-14-26)23(30)27(22(19)29)16-9-6-5-7-10-16/h15-16,24H,4-14H2,1-3H3. The number of aryl methyl sites for hydroxylation is 2. The summed E-state index contributed by atoms with van der Waals surface area (Å²) < 4.78 is 1.43. The van der Waals surface area contributed by atoms with Crippen LogP contribution in [0, 0.1) is 5.92 Å². The van der Waals surface area contributed by atoms with Crippen LogP contribution < -0.4 is 5.56 Å². The molecule has 1 saturated heterocycles. The van der Waals surface area contributed by atoms with Crippen molar-refractivity contribution in [3.8, 4) is 0 Å². The molecule has 1 aromatic heterocycles. The molecule has 0 aromatic carbocycles. The molecule has 7 heteroatoms. The third-order valence-electron chi connectivity index (χ3n) is 7.00. The van der Waals surface area contributed by atoms with E-state index >= 15 is 0 Å². The van der Waals surface area contributed by atoms with Crippen LogP contribution in [0.25, 0.3) is 5.57 Å². The van der Waals surface area contributed by atoms with Gasteiger partial charge in [-0.2, -0.15) is 0 Å². The van der Waals surface area contributed by atoms with Crippen molar-refractivity contribution >= 4 is 17.4 Å². The van der Waals surface area contributed by atoms with Gasteiger partial charge in [-0.3, -0.25) is 29.1 Å². The summed E-state index contributed by atoms with van der Waals surface area (Å²) in [5.41, 5.74) is 1.75. The van der Waals surface area contributed by atoms with Gasteiger partial charge in [0.15, 0.2) is 0 Å². The lowest BCUT2D eigenvalue weighted by molar-refractivity contribution is -0.141. The minimum Gasteiger partial charge on any atom is -0.366 e. The van der Waals surface area contributed by atoms with Crippen molar-refractivity contribution in [1.82, 2.24) is 19.6 Å². The first kappa shape index (κ1) is 20.9. The molecule has 4 rings (SSSR count). The van der Waals surface area contributed by atoms with Gasteiger partial charge < -0.3 is 4.90 Å². The van der Waals surface area contributed by atoms with Crippen LogP contribution in [0.15, 0.2) is 10.5 Å². The zero-order chi connectivity index (χ0) is 21.4. The van der Waals surface area contributed by atoms with Crippen molar-refractivity contribution in [2.24, 2.45) is 13.0 Å². The van der Waals surface area contributed by atoms with E-state index in [0.29, 0.717) is 29.2 Å². The Morgan fingerprint density at radius 3 is 2.27 bits per heavy atom. The Labute approximate surface area is 178 Å². The second kappa shape index (κ2) is 8.44. The number of hydrogen-bond acceptors (Lipinski definition) is 4. The predicted octanol–water partition coefficient (Wildman–Crippen LogP) is 2.81. The molecule has 1 aromatic rings. The van der Waals surface area contributed by atoms with Crippen LogP contribution in [-0.2, 0) is 23.1 Å². The number of H-pyrrole nitrogens is 1. The smallest absolute Gasteiger partial charge is 0.278 e. The molecule has 0 atom stereocenters. The number of carbonyl (C=O) groups excluding carboxylic acids is 2. The van der Waals surface area contributed by atoms with E-state index in [1.54, 1.807) is 7.05 Å². The van der Waals surface area contributed by atoms with Gasteiger partial charge in [-0.25, -0.2) is 0 Å². The molecular formula is C23H34N4O3. The van der Waals surface area contributed by atoms with Crippen LogP contribution in [0.2, 0.25) is 0 Å². The molecule has 1 N–H and O–H groups in total. The van der Waals surface area contributed by atoms with Crippen molar-refractivity contribution in [3.05, 3.63) is 27.3 Å². The highest BCUT2D eigenvalue weighted by Gasteiger charge is 2.46. The summed E-state index contributed by atoms with van der Waals surface area (Å²) in [4.78, 5) is 44.0. The van der Waals surface area contributed by atoms with Gasteiger partial charge in [0.25, 0.3) is 17.4 Å². The molecule has 2 amide bonds. The average Bonchev–Trinajstić information content (AvgIpc) is 3.15. The fourth-order valence-electron chi connectivity index (χ4n) is 5.25. The van der Waals surface area contributed by atoms with Gasteiger partial charge in [0.05, 0.1) is 11.1 Å². The van der Waals surface area contributed by atoms with Gasteiger partial charge in [0.1, 0.15) is 5.70 Å². The third-order valence-corrected chi connectivity index (χ3v) is 7.00. The molecule has 0 spiro atoms. The fourth-order valence-corrected chi connectivity index (χ4v) is 5.25. The van der Waals surface area contributed by atoms with Crippen molar-refractivity contribution in [2.45, 2.75) is 77.7 Å². The zero-order valence-corrected chi connectivity index (χ0v) is 18.5. The molecule has 30 heavy (non-hydrogen) atoms. The molecule has 1 aliphatic carbocycles. The Morgan fingerprint density at radius 1 is 0.967 bits per heavy atom. The average molecular weight is 415 g/mol. The van der Waals surface area contributed by atoms with Crippen molar-refractivity contribution in [2.75, 3.05) is 13.1 Å². The highest BCUT2D eigenvalue weighted by atomic mass is 16.2. The molecule has 2 fully saturated rings. The van der Waals surface area contributed by atoms with Crippen LogP contribution in [0.3, 0.4) is 0 Å². The van der Waals surface area contributed by atoms with Crippen LogP contribution in [-0.4, -0.2) is 50.5 Å². The van der Waals surface area contributed by atoms with Crippen LogP contribution >= 0.6 is 0 Å². The van der Waals surface area contributed by atoms with Gasteiger partial charge in [-0.15, -0.1) is 0 Å². The molecular weight excluding hydrogens is 380 g/mol. The Balaban J connectivity index is 1.83. The number of hydrogen-bond donors (Lipinski definition) is 1. The van der Waals surface area contributed by atoms with Gasteiger partial charge in [0, 0.05) is 31.9 Å². The summed E-state index contributed by atoms with van der Waals surface area (Å²) in [6, 6.07) is -0.0487. The lowest BCUT2D eigenvalue weighted by Gasteiger charge is -2.34. The zero-order valence-electron chi connectivity index (χ0n) is 18.5. The van der Waals surface area contributed by atoms with E-state index in [0.717, 1.165) is 70.2 Å². The number of amides is 2. The normalized spacial score (nSPS) is 22.0. The number of aromatic amines is 1. The highest BCUT2D eigenvalue weighted by molar-refractivity contribution is 6.35. The largest absolute Gasteiger partial charge is 0.366 e. The van der Waals surface area contributed by atoms with Crippen molar-refractivity contribution < 1.29 is 9.59 Å². The first-order valence-electron chi connectivity index (χ1n) is 11.6. The van der Waals surface area contributed by atoms with E-state index in [4.69, 9.17) is 0 Å². The molecule has 7 nitrogen and oxygen atoms in total. The molecule has 0 unspecified atom stereocenters. The summed E-state index contributed by atoms with van der Waals surface area (Å²) >= 11 is 0. The number of imide groups is 1. The number of likely N-dealkylation sites (tertiary alicyclic amines) is 1. The first-order valence-corrected chi connectivity index (χ1v) is 11.6. The van der Waals surface area contributed by atoms with Gasteiger partial charge >= 0.3 is 0 Å². The van der Waals surface area contributed by atoms with Crippen molar-refractivity contribution in [3.63, 3.8) is 0 Å². The lowest BCUT2D eigenvalue weighted by atomic mass is 9.94. The van der Waals surface area contributed by atoms with Crippen LogP contribution in [0.5, 0.6) is 0 Å². The number of carbonyl (C=O) groups is 2. The molecule has 164 valence electrons. The monoisotopic (exact) mass is 414 g/mol. The Morgan fingerprint density at radius 2 is 1.63 bits per heavy atom. The SMILES string of the molecule is CCCc1[nH]n(C)c(=O)c1C1=C(N2CCC(C)CC2)C(=O)N(C2CCCCC2)C1=O. The Bertz CT molecular complexity index is 911. The van der Waals surface area contributed by atoms with Crippen LogP contribution in [0.4, 0.5) is 0 Å². The lowest BCUT2D eigenvalue weighted by Crippen LogP contribution is -2.44. The third kappa shape index (κ3) is 3.52. The molecule has 0 bridgehead atoms. The topological polar surface area (TPSA) is 78.4 Å². The Kier molecular flexibility index (Phi) is 5.89. The molecule has 3 aliphatic rings.